The van der Waals surface area contributed by atoms with Crippen LogP contribution in [0, 0.1) is 0 Å². The van der Waals surface area contributed by atoms with Crippen molar-refractivity contribution in [2.24, 2.45) is 0 Å². The summed E-state index contributed by atoms with van der Waals surface area (Å²) < 4.78 is 43.0. The average Bonchev–Trinajstić information content (AvgIpc) is 2.83. The standard InChI is InChI=1S/C13H12F2N2O3/c1-13(14,15)7-4-8(9-6-11(16)17-20-9)12-10(5-7)18-2-3-19-12/h4-6H,2-3H2,1H3,(H2,16,17). The Hall–Kier alpha value is -2.31. The highest BCUT2D eigenvalue weighted by molar-refractivity contribution is 5.73. The first-order valence-corrected chi connectivity index (χ1v) is 5.99. The van der Waals surface area contributed by atoms with Crippen molar-refractivity contribution in [3.05, 3.63) is 23.8 Å². The van der Waals surface area contributed by atoms with Crippen LogP contribution in [0.3, 0.4) is 0 Å². The molecule has 106 valence electrons. The van der Waals surface area contributed by atoms with Crippen molar-refractivity contribution in [3.8, 4) is 22.8 Å². The molecule has 5 nitrogen and oxygen atoms in total. The largest absolute Gasteiger partial charge is 0.486 e. The lowest BCUT2D eigenvalue weighted by Crippen LogP contribution is -2.17. The van der Waals surface area contributed by atoms with Crippen molar-refractivity contribution in [3.63, 3.8) is 0 Å². The van der Waals surface area contributed by atoms with Gasteiger partial charge in [-0.2, -0.15) is 0 Å². The second-order valence-electron chi connectivity index (χ2n) is 4.55. The fourth-order valence-electron chi connectivity index (χ4n) is 2.01. The van der Waals surface area contributed by atoms with E-state index in [2.05, 4.69) is 5.16 Å². The Morgan fingerprint density at radius 1 is 1.20 bits per heavy atom. The second kappa shape index (κ2) is 4.36. The number of nitrogens with two attached hydrogens (primary N) is 1. The summed E-state index contributed by atoms with van der Waals surface area (Å²) >= 11 is 0. The molecule has 0 bridgehead atoms. The summed E-state index contributed by atoms with van der Waals surface area (Å²) in [6.07, 6.45) is 0. The van der Waals surface area contributed by atoms with E-state index in [4.69, 9.17) is 19.7 Å². The van der Waals surface area contributed by atoms with E-state index in [1.807, 2.05) is 0 Å². The van der Waals surface area contributed by atoms with Crippen LogP contribution in [0.1, 0.15) is 12.5 Å². The number of nitrogen functional groups attached to an aromatic ring is 1. The quantitative estimate of drug-likeness (QED) is 0.917. The van der Waals surface area contributed by atoms with Crippen LogP contribution in [-0.4, -0.2) is 18.4 Å². The molecule has 0 fully saturated rings. The zero-order valence-electron chi connectivity index (χ0n) is 10.7. The van der Waals surface area contributed by atoms with Crippen molar-refractivity contribution in [2.45, 2.75) is 12.8 Å². The van der Waals surface area contributed by atoms with Crippen LogP contribution < -0.4 is 15.2 Å². The number of halogens is 2. The summed E-state index contributed by atoms with van der Waals surface area (Å²) in [4.78, 5) is 0. The topological polar surface area (TPSA) is 70.5 Å². The summed E-state index contributed by atoms with van der Waals surface area (Å²) in [7, 11) is 0. The highest BCUT2D eigenvalue weighted by atomic mass is 19.3. The first kappa shape index (κ1) is 12.7. The Bertz CT molecular complexity index is 650. The zero-order chi connectivity index (χ0) is 14.3. The molecule has 1 aromatic carbocycles. The van der Waals surface area contributed by atoms with Crippen molar-refractivity contribution in [1.82, 2.24) is 5.16 Å². The molecular weight excluding hydrogens is 270 g/mol. The van der Waals surface area contributed by atoms with Gasteiger partial charge in [-0.15, -0.1) is 0 Å². The fraction of sp³-hybridized carbons (Fsp3) is 0.308. The van der Waals surface area contributed by atoms with Gasteiger partial charge in [-0.25, -0.2) is 8.78 Å². The van der Waals surface area contributed by atoms with Crippen LogP contribution in [0.25, 0.3) is 11.3 Å². The summed E-state index contributed by atoms with van der Waals surface area (Å²) in [5.41, 5.74) is 5.65. The van der Waals surface area contributed by atoms with Gasteiger partial charge in [0.2, 0.25) is 0 Å². The lowest BCUT2D eigenvalue weighted by Gasteiger charge is -2.22. The number of anilines is 1. The van der Waals surface area contributed by atoms with Crippen molar-refractivity contribution < 1.29 is 22.8 Å². The number of fused-ring (bicyclic) bond motifs is 1. The van der Waals surface area contributed by atoms with E-state index in [1.165, 1.54) is 18.2 Å². The van der Waals surface area contributed by atoms with Crippen LogP contribution in [0.2, 0.25) is 0 Å². The van der Waals surface area contributed by atoms with Crippen LogP contribution in [0.15, 0.2) is 22.7 Å². The number of benzene rings is 1. The lowest BCUT2D eigenvalue weighted by molar-refractivity contribution is 0.0170. The first-order valence-electron chi connectivity index (χ1n) is 5.99. The Morgan fingerprint density at radius 2 is 1.95 bits per heavy atom. The SMILES string of the molecule is CC(F)(F)c1cc2c(c(-c3cc(N)no3)c1)OCCO2. The molecular formula is C13H12F2N2O3. The molecule has 2 heterocycles. The number of hydrogen-bond donors (Lipinski definition) is 1. The molecule has 1 aliphatic rings. The van der Waals surface area contributed by atoms with Crippen molar-refractivity contribution >= 4 is 5.82 Å². The van der Waals surface area contributed by atoms with Gasteiger partial charge in [0.15, 0.2) is 23.1 Å². The fourth-order valence-corrected chi connectivity index (χ4v) is 2.01. The number of hydrogen-bond acceptors (Lipinski definition) is 5. The number of alkyl halides is 2. The number of nitrogens with zero attached hydrogens (tertiary/aromatic N) is 1. The van der Waals surface area contributed by atoms with Gasteiger partial charge < -0.3 is 19.7 Å². The molecule has 1 aliphatic heterocycles. The third-order valence-corrected chi connectivity index (χ3v) is 2.94. The van der Waals surface area contributed by atoms with Gasteiger partial charge in [-0.05, 0) is 12.1 Å². The molecule has 1 aromatic heterocycles. The van der Waals surface area contributed by atoms with Crippen molar-refractivity contribution in [2.75, 3.05) is 18.9 Å². The Balaban J connectivity index is 2.20. The molecule has 20 heavy (non-hydrogen) atoms. The number of rotatable bonds is 2. The van der Waals surface area contributed by atoms with Gasteiger partial charge >= 0.3 is 0 Å². The Labute approximate surface area is 113 Å². The van der Waals surface area contributed by atoms with E-state index in [0.29, 0.717) is 24.5 Å². The highest BCUT2D eigenvalue weighted by Gasteiger charge is 2.30. The molecule has 0 atom stereocenters. The van der Waals surface area contributed by atoms with Gasteiger partial charge in [0.05, 0.1) is 5.56 Å². The summed E-state index contributed by atoms with van der Waals surface area (Å²) in [5.74, 6) is -1.95. The Morgan fingerprint density at radius 3 is 2.60 bits per heavy atom. The third kappa shape index (κ3) is 2.15. The second-order valence-corrected chi connectivity index (χ2v) is 4.55. The molecule has 0 unspecified atom stereocenters. The predicted octanol–water partition coefficient (Wildman–Crippen LogP) is 2.81. The average molecular weight is 282 g/mol. The van der Waals surface area contributed by atoms with Crippen LogP contribution in [-0.2, 0) is 5.92 Å². The highest BCUT2D eigenvalue weighted by Crippen LogP contribution is 2.44. The van der Waals surface area contributed by atoms with Gasteiger partial charge in [0, 0.05) is 18.6 Å². The maximum Gasteiger partial charge on any atom is 0.270 e. The lowest BCUT2D eigenvalue weighted by atomic mass is 10.0. The maximum absolute atomic E-state index is 13.6. The van der Waals surface area contributed by atoms with E-state index >= 15 is 0 Å². The van der Waals surface area contributed by atoms with Gasteiger partial charge in [0.25, 0.3) is 5.92 Å². The van der Waals surface area contributed by atoms with Crippen LogP contribution >= 0.6 is 0 Å². The van der Waals surface area contributed by atoms with E-state index in [0.717, 1.165) is 6.92 Å². The molecule has 2 aromatic rings. The smallest absolute Gasteiger partial charge is 0.270 e. The summed E-state index contributed by atoms with van der Waals surface area (Å²) in [5, 5.41) is 3.55. The molecule has 0 saturated carbocycles. The summed E-state index contributed by atoms with van der Waals surface area (Å²) in [6.45, 7) is 1.46. The number of ether oxygens (including phenoxy) is 2. The zero-order valence-corrected chi connectivity index (χ0v) is 10.7. The van der Waals surface area contributed by atoms with Crippen molar-refractivity contribution in [1.29, 1.82) is 0 Å². The minimum atomic E-state index is -3.00. The van der Waals surface area contributed by atoms with E-state index in [-0.39, 0.29) is 22.9 Å². The van der Waals surface area contributed by atoms with E-state index in [9.17, 15) is 8.78 Å². The van der Waals surface area contributed by atoms with Crippen LogP contribution in [0.5, 0.6) is 11.5 Å². The minimum absolute atomic E-state index is 0.166. The number of aromatic nitrogens is 1. The molecule has 0 radical (unpaired) electrons. The van der Waals surface area contributed by atoms with Crippen LogP contribution in [0.4, 0.5) is 14.6 Å². The molecule has 0 spiro atoms. The Kier molecular flexibility index (Phi) is 2.77. The monoisotopic (exact) mass is 282 g/mol. The molecule has 0 amide bonds. The maximum atomic E-state index is 13.6. The molecule has 0 saturated heterocycles. The molecule has 0 aliphatic carbocycles. The molecule has 7 heteroatoms. The molecule has 3 rings (SSSR count). The van der Waals surface area contributed by atoms with E-state index in [1.54, 1.807) is 0 Å². The molecule has 2 N–H and O–H groups in total. The van der Waals surface area contributed by atoms with E-state index < -0.39 is 5.92 Å². The minimum Gasteiger partial charge on any atom is -0.486 e. The summed E-state index contributed by atoms with van der Waals surface area (Å²) in [6, 6.07) is 4.02. The van der Waals surface area contributed by atoms with Gasteiger partial charge in [-0.3, -0.25) is 0 Å². The third-order valence-electron chi connectivity index (χ3n) is 2.94. The normalized spacial score (nSPS) is 14.3. The first-order chi connectivity index (χ1) is 9.45. The predicted molar refractivity (Wildman–Crippen MR) is 66.9 cm³/mol. The van der Waals surface area contributed by atoms with Gasteiger partial charge in [0.1, 0.15) is 13.2 Å². The van der Waals surface area contributed by atoms with Gasteiger partial charge in [-0.1, -0.05) is 5.16 Å².